The van der Waals surface area contributed by atoms with E-state index in [2.05, 4.69) is 240 Å². The number of fused-ring (bicyclic) bond motifs is 6. The fourth-order valence-electron chi connectivity index (χ4n) is 8.78. The molecule has 10 aromatic carbocycles. The molecule has 0 bridgehead atoms. The highest BCUT2D eigenvalue weighted by Crippen LogP contribution is 2.43. The number of hydrogen-bond donors (Lipinski definition) is 0. The van der Waals surface area contributed by atoms with Gasteiger partial charge in [0.15, 0.2) is 0 Å². The summed E-state index contributed by atoms with van der Waals surface area (Å²) in [5.41, 5.74) is 14.0. The van der Waals surface area contributed by atoms with Gasteiger partial charge in [0.1, 0.15) is 0 Å². The number of nitrogens with zero attached hydrogens (tertiary/aromatic N) is 2. The van der Waals surface area contributed by atoms with Gasteiger partial charge < -0.3 is 9.47 Å². The summed E-state index contributed by atoms with van der Waals surface area (Å²) < 4.78 is 2.37. The van der Waals surface area contributed by atoms with Gasteiger partial charge in [-0.05, 0) is 122 Å². The minimum Gasteiger partial charge on any atom is -0.310 e. The van der Waals surface area contributed by atoms with Crippen LogP contribution in [0.3, 0.4) is 0 Å². The van der Waals surface area contributed by atoms with Crippen molar-refractivity contribution in [2.45, 2.75) is 0 Å². The molecule has 0 unspecified atom stereocenters. The topological polar surface area (TPSA) is 8.17 Å². The Hall–Kier alpha value is -7.68. The second-order valence-electron chi connectivity index (χ2n) is 15.0. The summed E-state index contributed by atoms with van der Waals surface area (Å²) >= 11 is 0. The molecule has 11 aromatic rings. The number of anilines is 3. The third kappa shape index (κ3) is 5.82. The predicted octanol–water partition coefficient (Wildman–Crippen LogP) is 15.6. The summed E-state index contributed by atoms with van der Waals surface area (Å²) in [7, 11) is 0. The average molecular weight is 739 g/mol. The lowest BCUT2D eigenvalue weighted by atomic mass is 9.93. The molecule has 1 heterocycles. The zero-order valence-electron chi connectivity index (χ0n) is 31.8. The lowest BCUT2D eigenvalue weighted by molar-refractivity contribution is 1.18. The van der Waals surface area contributed by atoms with E-state index >= 15 is 0 Å². The van der Waals surface area contributed by atoms with Gasteiger partial charge in [-0.2, -0.15) is 0 Å². The Morgan fingerprint density at radius 2 is 0.810 bits per heavy atom. The molecular weight excluding hydrogens is 701 g/mol. The average Bonchev–Trinajstić information content (AvgIpc) is 3.64. The van der Waals surface area contributed by atoms with Crippen LogP contribution in [0.4, 0.5) is 17.1 Å². The fourth-order valence-corrected chi connectivity index (χ4v) is 8.78. The molecule has 0 aliphatic rings. The van der Waals surface area contributed by atoms with Gasteiger partial charge in [-0.25, -0.2) is 0 Å². The smallest absolute Gasteiger partial charge is 0.0541 e. The Balaban J connectivity index is 1.07. The van der Waals surface area contributed by atoms with Crippen molar-refractivity contribution in [2.24, 2.45) is 0 Å². The molecule has 0 N–H and O–H groups in total. The molecular formula is C56H38N2. The van der Waals surface area contributed by atoms with E-state index in [-0.39, 0.29) is 0 Å². The van der Waals surface area contributed by atoms with Crippen molar-refractivity contribution in [2.75, 3.05) is 4.90 Å². The Labute approximate surface area is 338 Å². The zero-order valence-corrected chi connectivity index (χ0v) is 31.8. The fraction of sp³-hybridized carbons (Fsp3) is 0. The van der Waals surface area contributed by atoms with Gasteiger partial charge in [-0.1, -0.05) is 164 Å². The molecule has 0 aliphatic carbocycles. The minimum absolute atomic E-state index is 1.09. The maximum absolute atomic E-state index is 2.41. The Kier molecular flexibility index (Phi) is 8.19. The second-order valence-corrected chi connectivity index (χ2v) is 15.0. The van der Waals surface area contributed by atoms with Crippen LogP contribution in [-0.2, 0) is 0 Å². The molecule has 0 atom stereocenters. The van der Waals surface area contributed by atoms with Gasteiger partial charge in [-0.3, -0.25) is 0 Å². The predicted molar refractivity (Wildman–Crippen MR) is 247 cm³/mol. The molecule has 0 spiro atoms. The van der Waals surface area contributed by atoms with Gasteiger partial charge in [-0.15, -0.1) is 0 Å². The molecule has 2 heteroatoms. The van der Waals surface area contributed by atoms with Gasteiger partial charge in [0.25, 0.3) is 0 Å². The largest absolute Gasteiger partial charge is 0.310 e. The first-order valence-electron chi connectivity index (χ1n) is 19.9. The van der Waals surface area contributed by atoms with Crippen LogP contribution in [0.15, 0.2) is 231 Å². The van der Waals surface area contributed by atoms with E-state index in [1.54, 1.807) is 0 Å². The molecule has 0 saturated carbocycles. The molecule has 58 heavy (non-hydrogen) atoms. The number of rotatable bonds is 7. The van der Waals surface area contributed by atoms with Crippen molar-refractivity contribution in [3.63, 3.8) is 0 Å². The van der Waals surface area contributed by atoms with Crippen LogP contribution in [-0.4, -0.2) is 4.57 Å². The lowest BCUT2D eigenvalue weighted by Gasteiger charge is -2.27. The van der Waals surface area contributed by atoms with Gasteiger partial charge in [0.05, 0.1) is 11.0 Å². The second kappa shape index (κ2) is 14.1. The first kappa shape index (κ1) is 33.6. The molecule has 0 aliphatic heterocycles. The highest BCUT2D eigenvalue weighted by Gasteiger charge is 2.18. The summed E-state index contributed by atoms with van der Waals surface area (Å²) in [6.45, 7) is 0. The third-order valence-electron chi connectivity index (χ3n) is 11.6. The molecule has 1 aromatic heterocycles. The quantitative estimate of drug-likeness (QED) is 0.148. The summed E-state index contributed by atoms with van der Waals surface area (Å²) in [5, 5.41) is 7.47. The zero-order chi connectivity index (χ0) is 38.4. The Morgan fingerprint density at radius 1 is 0.276 bits per heavy atom. The molecule has 0 fully saturated rings. The maximum Gasteiger partial charge on any atom is 0.0541 e. The lowest BCUT2D eigenvalue weighted by Crippen LogP contribution is -2.10. The van der Waals surface area contributed by atoms with Crippen LogP contribution in [0.25, 0.3) is 82.4 Å². The summed E-state index contributed by atoms with van der Waals surface area (Å²) in [5.74, 6) is 0. The molecule has 11 rings (SSSR count). The van der Waals surface area contributed by atoms with Crippen LogP contribution in [0.1, 0.15) is 0 Å². The first-order chi connectivity index (χ1) is 28.8. The molecule has 0 saturated heterocycles. The van der Waals surface area contributed by atoms with Crippen molar-refractivity contribution in [1.29, 1.82) is 0 Å². The standard InChI is InChI=1S/C56H38N2/c1-4-14-40(15-5-1)50-34-33-48(38-52(50)41-16-6-2-7-17-41)57(47-32-28-43-25-24-42-18-10-11-21-49(42)53(43)37-47)46-30-26-39(27-31-46)44-29-35-56-54(36-44)51-22-12-13-23-55(51)58(56)45-19-8-3-9-20-45/h1-38H. The highest BCUT2D eigenvalue weighted by molar-refractivity contribution is 6.11. The van der Waals surface area contributed by atoms with Crippen LogP contribution >= 0.6 is 0 Å². The summed E-state index contributed by atoms with van der Waals surface area (Å²) in [4.78, 5) is 2.41. The van der Waals surface area contributed by atoms with Gasteiger partial charge in [0.2, 0.25) is 0 Å². The van der Waals surface area contributed by atoms with E-state index in [1.165, 1.54) is 82.4 Å². The molecule has 0 radical (unpaired) electrons. The van der Waals surface area contributed by atoms with E-state index in [9.17, 15) is 0 Å². The minimum atomic E-state index is 1.09. The van der Waals surface area contributed by atoms with Crippen LogP contribution < -0.4 is 4.90 Å². The van der Waals surface area contributed by atoms with Crippen molar-refractivity contribution in [1.82, 2.24) is 4.57 Å². The third-order valence-corrected chi connectivity index (χ3v) is 11.6. The van der Waals surface area contributed by atoms with E-state index in [1.807, 2.05) is 0 Å². The van der Waals surface area contributed by atoms with E-state index < -0.39 is 0 Å². The normalized spacial score (nSPS) is 11.4. The van der Waals surface area contributed by atoms with Crippen molar-refractivity contribution in [3.05, 3.63) is 231 Å². The highest BCUT2D eigenvalue weighted by atomic mass is 15.1. The number of hydrogen-bond acceptors (Lipinski definition) is 1. The summed E-state index contributed by atoms with van der Waals surface area (Å²) in [6, 6.07) is 83.7. The van der Waals surface area contributed by atoms with E-state index in [0.717, 1.165) is 17.1 Å². The van der Waals surface area contributed by atoms with Crippen LogP contribution in [0.5, 0.6) is 0 Å². The van der Waals surface area contributed by atoms with Gasteiger partial charge in [0, 0.05) is 33.5 Å². The monoisotopic (exact) mass is 738 g/mol. The van der Waals surface area contributed by atoms with E-state index in [0.29, 0.717) is 0 Å². The van der Waals surface area contributed by atoms with Crippen molar-refractivity contribution in [3.8, 4) is 39.1 Å². The maximum atomic E-state index is 2.41. The van der Waals surface area contributed by atoms with Gasteiger partial charge >= 0.3 is 0 Å². The van der Waals surface area contributed by atoms with Crippen molar-refractivity contribution < 1.29 is 0 Å². The van der Waals surface area contributed by atoms with Crippen LogP contribution in [0.2, 0.25) is 0 Å². The Bertz CT molecular complexity index is 3250. The summed E-state index contributed by atoms with van der Waals surface area (Å²) in [6.07, 6.45) is 0. The van der Waals surface area contributed by atoms with Crippen LogP contribution in [0, 0.1) is 0 Å². The number of para-hydroxylation sites is 2. The molecule has 0 amide bonds. The van der Waals surface area contributed by atoms with Crippen molar-refractivity contribution >= 4 is 60.4 Å². The SMILES string of the molecule is c1ccc(-c2ccc(N(c3ccc(-c4ccc5c(c4)c4ccccc4n5-c4ccccc4)cc3)c3ccc4ccc5ccccc5c4c3)cc2-c2ccccc2)cc1. The first-order valence-corrected chi connectivity index (χ1v) is 19.9. The Morgan fingerprint density at radius 3 is 1.57 bits per heavy atom. The number of aromatic nitrogens is 1. The molecule has 2 nitrogen and oxygen atoms in total. The molecule has 272 valence electrons. The number of benzene rings is 10. The van der Waals surface area contributed by atoms with E-state index in [4.69, 9.17) is 0 Å².